The summed E-state index contributed by atoms with van der Waals surface area (Å²) in [7, 11) is 0. The van der Waals surface area contributed by atoms with Crippen molar-refractivity contribution in [2.75, 3.05) is 0 Å². The summed E-state index contributed by atoms with van der Waals surface area (Å²) >= 11 is 2.99. The molecule has 0 aliphatic rings. The van der Waals surface area contributed by atoms with Crippen LogP contribution in [0.25, 0.3) is 0 Å². The van der Waals surface area contributed by atoms with E-state index in [1.807, 2.05) is 60.7 Å². The van der Waals surface area contributed by atoms with Crippen LogP contribution in [0, 0.1) is 0 Å². The van der Waals surface area contributed by atoms with Crippen LogP contribution in [0.3, 0.4) is 0 Å². The number of hydrogen-bond donors (Lipinski definition) is 0. The smallest absolute Gasteiger partial charge is 0.163 e. The van der Waals surface area contributed by atoms with Gasteiger partial charge in [-0.2, -0.15) is 0 Å². The zero-order chi connectivity index (χ0) is 15.1. The number of rotatable bonds is 7. The molecule has 0 saturated carbocycles. The van der Waals surface area contributed by atoms with Gasteiger partial charge in [0.2, 0.25) is 0 Å². The Balaban J connectivity index is 2.13. The fourth-order valence-corrected chi connectivity index (χ4v) is 4.14. The van der Waals surface area contributed by atoms with Crippen LogP contribution in [-0.4, -0.2) is 16.1 Å². The van der Waals surface area contributed by atoms with Crippen molar-refractivity contribution in [2.24, 2.45) is 0 Å². The van der Waals surface area contributed by atoms with Gasteiger partial charge in [0, 0.05) is 9.79 Å². The standard InChI is InChI=1S/C17H16O2S2/c1-13(18)12-16(19)17(20-14-8-4-2-5-9-14)21-15-10-6-3-7-11-15/h2-11,17H,12H2,1H3. The molecule has 0 saturated heterocycles. The maximum absolute atomic E-state index is 12.3. The molecule has 2 nitrogen and oxygen atoms in total. The molecule has 0 unspecified atom stereocenters. The Bertz CT molecular complexity index is 555. The number of carbonyl (C=O) groups excluding carboxylic acids is 2. The first-order valence-corrected chi connectivity index (χ1v) is 8.36. The molecule has 0 aromatic heterocycles. The third-order valence-electron chi connectivity index (χ3n) is 2.66. The fraction of sp³-hybridized carbons (Fsp3) is 0.176. The van der Waals surface area contributed by atoms with E-state index in [1.165, 1.54) is 30.4 Å². The first kappa shape index (κ1) is 15.9. The molecule has 108 valence electrons. The van der Waals surface area contributed by atoms with Crippen LogP contribution in [0.1, 0.15) is 13.3 Å². The van der Waals surface area contributed by atoms with Crippen molar-refractivity contribution >= 4 is 35.1 Å². The molecule has 2 aromatic carbocycles. The average molecular weight is 316 g/mol. The van der Waals surface area contributed by atoms with Gasteiger partial charge in [0.1, 0.15) is 10.4 Å². The molecule has 0 spiro atoms. The Labute approximate surface area is 133 Å². The van der Waals surface area contributed by atoms with Crippen molar-refractivity contribution in [1.29, 1.82) is 0 Å². The third-order valence-corrected chi connectivity index (χ3v) is 5.28. The van der Waals surface area contributed by atoms with Crippen molar-refractivity contribution < 1.29 is 9.59 Å². The molecule has 0 fully saturated rings. The number of hydrogen-bond acceptors (Lipinski definition) is 4. The lowest BCUT2D eigenvalue weighted by atomic mass is 10.2. The Morgan fingerprint density at radius 1 is 0.857 bits per heavy atom. The van der Waals surface area contributed by atoms with Crippen molar-refractivity contribution in [1.82, 2.24) is 0 Å². The van der Waals surface area contributed by atoms with E-state index in [0.29, 0.717) is 0 Å². The van der Waals surface area contributed by atoms with E-state index >= 15 is 0 Å². The zero-order valence-corrected chi connectivity index (χ0v) is 13.3. The highest BCUT2D eigenvalue weighted by Crippen LogP contribution is 2.36. The molecule has 4 heteroatoms. The lowest BCUT2D eigenvalue weighted by Gasteiger charge is -2.14. The second-order valence-corrected chi connectivity index (χ2v) is 7.19. The summed E-state index contributed by atoms with van der Waals surface area (Å²) in [5.41, 5.74) is 0. The van der Waals surface area contributed by atoms with E-state index in [-0.39, 0.29) is 22.6 Å². The molecular formula is C17H16O2S2. The topological polar surface area (TPSA) is 34.1 Å². The molecular weight excluding hydrogens is 300 g/mol. The van der Waals surface area contributed by atoms with Gasteiger partial charge in [0.25, 0.3) is 0 Å². The van der Waals surface area contributed by atoms with Gasteiger partial charge in [-0.05, 0) is 31.2 Å². The van der Waals surface area contributed by atoms with Crippen LogP contribution in [0.4, 0.5) is 0 Å². The summed E-state index contributed by atoms with van der Waals surface area (Å²) in [6.45, 7) is 1.45. The first-order chi connectivity index (χ1) is 10.1. The largest absolute Gasteiger partial charge is 0.300 e. The van der Waals surface area contributed by atoms with Crippen LogP contribution >= 0.6 is 23.5 Å². The van der Waals surface area contributed by atoms with Gasteiger partial charge in [-0.15, -0.1) is 23.5 Å². The average Bonchev–Trinajstić information content (AvgIpc) is 2.48. The van der Waals surface area contributed by atoms with Crippen molar-refractivity contribution in [3.8, 4) is 0 Å². The summed E-state index contributed by atoms with van der Waals surface area (Å²) in [5.74, 6) is -0.127. The highest BCUT2D eigenvalue weighted by atomic mass is 32.2. The van der Waals surface area contributed by atoms with Crippen LogP contribution in [-0.2, 0) is 9.59 Å². The molecule has 0 aliphatic carbocycles. The van der Waals surface area contributed by atoms with Gasteiger partial charge in [-0.25, -0.2) is 0 Å². The molecule has 0 atom stereocenters. The summed E-state index contributed by atoms with van der Waals surface area (Å²) in [6, 6.07) is 19.6. The molecule has 0 bridgehead atoms. The van der Waals surface area contributed by atoms with Gasteiger partial charge in [-0.1, -0.05) is 36.4 Å². The summed E-state index contributed by atoms with van der Waals surface area (Å²) < 4.78 is -0.307. The highest BCUT2D eigenvalue weighted by Gasteiger charge is 2.22. The first-order valence-electron chi connectivity index (χ1n) is 6.61. The van der Waals surface area contributed by atoms with E-state index in [1.54, 1.807) is 0 Å². The maximum Gasteiger partial charge on any atom is 0.163 e. The molecule has 0 aliphatic heterocycles. The number of benzene rings is 2. The highest BCUT2D eigenvalue weighted by molar-refractivity contribution is 8.18. The number of ketones is 2. The Morgan fingerprint density at radius 3 is 1.67 bits per heavy atom. The minimum Gasteiger partial charge on any atom is -0.300 e. The Morgan fingerprint density at radius 2 is 1.29 bits per heavy atom. The molecule has 0 N–H and O–H groups in total. The predicted molar refractivity (Wildman–Crippen MR) is 88.7 cm³/mol. The molecule has 2 rings (SSSR count). The van der Waals surface area contributed by atoms with Crippen LogP contribution in [0.2, 0.25) is 0 Å². The fourth-order valence-electron chi connectivity index (χ4n) is 1.73. The minimum absolute atomic E-state index is 0.00959. The molecule has 2 aromatic rings. The third kappa shape index (κ3) is 5.40. The zero-order valence-electron chi connectivity index (χ0n) is 11.7. The monoisotopic (exact) mass is 316 g/mol. The SMILES string of the molecule is CC(=O)CC(=O)C(Sc1ccccc1)Sc1ccccc1. The van der Waals surface area contributed by atoms with Gasteiger partial charge >= 0.3 is 0 Å². The molecule has 21 heavy (non-hydrogen) atoms. The van der Waals surface area contributed by atoms with Crippen LogP contribution in [0.5, 0.6) is 0 Å². The summed E-state index contributed by atoms with van der Waals surface area (Å²) in [6.07, 6.45) is -0.00959. The van der Waals surface area contributed by atoms with Crippen LogP contribution < -0.4 is 0 Å². The van der Waals surface area contributed by atoms with E-state index in [2.05, 4.69) is 0 Å². The lowest BCUT2D eigenvalue weighted by Crippen LogP contribution is -2.16. The summed E-state index contributed by atoms with van der Waals surface area (Å²) in [5, 5.41) is 0. The minimum atomic E-state index is -0.307. The number of thioether (sulfide) groups is 2. The second kappa shape index (κ2) is 8.05. The van der Waals surface area contributed by atoms with E-state index in [9.17, 15) is 9.59 Å². The molecule has 0 heterocycles. The van der Waals surface area contributed by atoms with Gasteiger partial charge in [0.15, 0.2) is 5.78 Å². The van der Waals surface area contributed by atoms with E-state index in [4.69, 9.17) is 0 Å². The van der Waals surface area contributed by atoms with Crippen molar-refractivity contribution in [2.45, 2.75) is 27.7 Å². The quantitative estimate of drug-likeness (QED) is 0.429. The normalized spacial score (nSPS) is 10.6. The van der Waals surface area contributed by atoms with Crippen LogP contribution in [0.15, 0.2) is 70.5 Å². The van der Waals surface area contributed by atoms with Gasteiger partial charge in [-0.3, -0.25) is 9.59 Å². The molecule has 0 amide bonds. The maximum atomic E-state index is 12.3. The molecule has 0 radical (unpaired) electrons. The van der Waals surface area contributed by atoms with Gasteiger partial charge in [0.05, 0.1) is 6.42 Å². The number of Topliss-reactive ketones (excluding diaryl/α,β-unsaturated/α-hetero) is 2. The van der Waals surface area contributed by atoms with E-state index in [0.717, 1.165) is 9.79 Å². The second-order valence-electron chi connectivity index (χ2n) is 4.54. The summed E-state index contributed by atoms with van der Waals surface area (Å²) in [4.78, 5) is 25.6. The Hall–Kier alpha value is -1.52. The Kier molecular flexibility index (Phi) is 6.08. The van der Waals surface area contributed by atoms with Crippen molar-refractivity contribution in [3.63, 3.8) is 0 Å². The van der Waals surface area contributed by atoms with E-state index < -0.39 is 0 Å². The predicted octanol–water partition coefficient (Wildman–Crippen LogP) is 4.45. The lowest BCUT2D eigenvalue weighted by molar-refractivity contribution is -0.124. The number of carbonyl (C=O) groups is 2. The van der Waals surface area contributed by atoms with Crippen molar-refractivity contribution in [3.05, 3.63) is 60.7 Å². The van der Waals surface area contributed by atoms with Gasteiger partial charge < -0.3 is 0 Å².